The van der Waals surface area contributed by atoms with E-state index in [1.807, 2.05) is 6.92 Å². The third-order valence-electron chi connectivity index (χ3n) is 2.26. The van der Waals surface area contributed by atoms with E-state index in [0.29, 0.717) is 24.5 Å². The van der Waals surface area contributed by atoms with Gasteiger partial charge in [-0.3, -0.25) is 4.79 Å². The SMILES string of the molecule is CCc1nnc(COc2ccc(F)cc2C=O)o1. The van der Waals surface area contributed by atoms with Gasteiger partial charge in [0.05, 0.1) is 5.56 Å². The predicted molar refractivity (Wildman–Crippen MR) is 59.8 cm³/mol. The second kappa shape index (κ2) is 5.39. The topological polar surface area (TPSA) is 65.2 Å². The van der Waals surface area contributed by atoms with Gasteiger partial charge in [-0.15, -0.1) is 10.2 Å². The van der Waals surface area contributed by atoms with Crippen LogP contribution in [0.2, 0.25) is 0 Å². The van der Waals surface area contributed by atoms with E-state index in [4.69, 9.17) is 9.15 Å². The van der Waals surface area contributed by atoms with E-state index in [1.165, 1.54) is 12.1 Å². The Morgan fingerprint density at radius 2 is 2.17 bits per heavy atom. The third-order valence-corrected chi connectivity index (χ3v) is 2.26. The minimum atomic E-state index is -0.490. The molecule has 0 spiro atoms. The van der Waals surface area contributed by atoms with Gasteiger partial charge in [-0.25, -0.2) is 4.39 Å². The number of ether oxygens (including phenoxy) is 1. The quantitative estimate of drug-likeness (QED) is 0.761. The van der Waals surface area contributed by atoms with E-state index < -0.39 is 5.82 Å². The molecule has 0 aliphatic heterocycles. The average molecular weight is 250 g/mol. The van der Waals surface area contributed by atoms with Crippen LogP contribution in [0.15, 0.2) is 22.6 Å². The van der Waals surface area contributed by atoms with Crippen LogP contribution in [0.4, 0.5) is 4.39 Å². The van der Waals surface area contributed by atoms with Gasteiger partial charge in [0, 0.05) is 6.42 Å². The number of benzene rings is 1. The lowest BCUT2D eigenvalue weighted by molar-refractivity contribution is 0.111. The van der Waals surface area contributed by atoms with Crippen molar-refractivity contribution in [3.8, 4) is 5.75 Å². The summed E-state index contributed by atoms with van der Waals surface area (Å²) in [6.45, 7) is 1.93. The Hall–Kier alpha value is -2.24. The molecule has 0 N–H and O–H groups in total. The van der Waals surface area contributed by atoms with E-state index in [-0.39, 0.29) is 17.9 Å². The predicted octanol–water partition coefficient (Wildman–Crippen LogP) is 2.16. The number of aryl methyl sites for hydroxylation is 1. The fraction of sp³-hybridized carbons (Fsp3) is 0.250. The van der Waals surface area contributed by atoms with Crippen molar-refractivity contribution in [2.75, 3.05) is 0 Å². The van der Waals surface area contributed by atoms with Crippen molar-refractivity contribution < 1.29 is 18.3 Å². The number of carbonyl (C=O) groups excluding carboxylic acids is 1. The van der Waals surface area contributed by atoms with Crippen LogP contribution in [0.25, 0.3) is 0 Å². The van der Waals surface area contributed by atoms with Crippen LogP contribution in [0.5, 0.6) is 5.75 Å². The molecule has 0 unspecified atom stereocenters. The maximum Gasteiger partial charge on any atom is 0.253 e. The summed E-state index contributed by atoms with van der Waals surface area (Å²) >= 11 is 0. The number of aromatic nitrogens is 2. The summed E-state index contributed by atoms with van der Waals surface area (Å²) in [5.41, 5.74) is 0.144. The Balaban J connectivity index is 2.07. The first kappa shape index (κ1) is 12.2. The molecule has 0 atom stereocenters. The van der Waals surface area contributed by atoms with Gasteiger partial charge in [0.2, 0.25) is 5.89 Å². The van der Waals surface area contributed by atoms with Crippen LogP contribution in [0.1, 0.15) is 29.1 Å². The van der Waals surface area contributed by atoms with Crippen molar-refractivity contribution in [3.05, 3.63) is 41.4 Å². The highest BCUT2D eigenvalue weighted by Gasteiger charge is 2.08. The summed E-state index contributed by atoms with van der Waals surface area (Å²) in [5.74, 6) is 0.620. The Bertz CT molecular complexity index is 554. The smallest absolute Gasteiger partial charge is 0.253 e. The molecule has 0 radical (unpaired) electrons. The van der Waals surface area contributed by atoms with Crippen molar-refractivity contribution in [3.63, 3.8) is 0 Å². The number of carbonyl (C=O) groups is 1. The molecule has 6 heteroatoms. The van der Waals surface area contributed by atoms with Crippen molar-refractivity contribution in [1.82, 2.24) is 10.2 Å². The maximum atomic E-state index is 12.9. The Morgan fingerprint density at radius 3 is 2.83 bits per heavy atom. The van der Waals surface area contributed by atoms with Crippen molar-refractivity contribution >= 4 is 6.29 Å². The first-order chi connectivity index (χ1) is 8.72. The Labute approximate surface area is 103 Å². The standard InChI is InChI=1S/C12H11FN2O3/c1-2-11-14-15-12(18-11)7-17-10-4-3-9(13)5-8(10)6-16/h3-6H,2,7H2,1H3. The molecule has 94 valence electrons. The molecular formula is C12H11FN2O3. The Kier molecular flexibility index (Phi) is 3.66. The number of hydrogen-bond acceptors (Lipinski definition) is 5. The second-order valence-corrected chi connectivity index (χ2v) is 3.53. The zero-order valence-corrected chi connectivity index (χ0v) is 9.72. The minimum Gasteiger partial charge on any atom is -0.483 e. The van der Waals surface area contributed by atoms with Gasteiger partial charge in [-0.2, -0.15) is 0 Å². The molecule has 2 rings (SSSR count). The summed E-state index contributed by atoms with van der Waals surface area (Å²) in [6, 6.07) is 3.71. The lowest BCUT2D eigenvalue weighted by atomic mass is 10.2. The highest BCUT2D eigenvalue weighted by molar-refractivity contribution is 5.79. The number of aldehydes is 1. The van der Waals surface area contributed by atoms with E-state index in [2.05, 4.69) is 10.2 Å². The van der Waals surface area contributed by atoms with Gasteiger partial charge >= 0.3 is 0 Å². The third kappa shape index (κ3) is 2.71. The van der Waals surface area contributed by atoms with Crippen LogP contribution < -0.4 is 4.74 Å². The second-order valence-electron chi connectivity index (χ2n) is 3.53. The van der Waals surface area contributed by atoms with Crippen molar-refractivity contribution in [1.29, 1.82) is 0 Å². The summed E-state index contributed by atoms with van der Waals surface area (Å²) in [4.78, 5) is 10.7. The summed E-state index contributed by atoms with van der Waals surface area (Å²) in [7, 11) is 0. The molecule has 1 aromatic heterocycles. The molecule has 1 aromatic carbocycles. The first-order valence-corrected chi connectivity index (χ1v) is 5.41. The molecule has 0 bridgehead atoms. The van der Waals surface area contributed by atoms with Gasteiger partial charge in [-0.05, 0) is 18.2 Å². The number of rotatable bonds is 5. The summed E-state index contributed by atoms with van der Waals surface area (Å²) < 4.78 is 23.5. The van der Waals surface area contributed by atoms with Crippen LogP contribution in [0, 0.1) is 5.82 Å². The van der Waals surface area contributed by atoms with Gasteiger partial charge in [-0.1, -0.05) is 6.92 Å². The fourth-order valence-corrected chi connectivity index (χ4v) is 1.37. The highest BCUT2D eigenvalue weighted by atomic mass is 19.1. The fourth-order valence-electron chi connectivity index (χ4n) is 1.37. The van der Waals surface area contributed by atoms with E-state index in [9.17, 15) is 9.18 Å². The van der Waals surface area contributed by atoms with E-state index >= 15 is 0 Å². The molecule has 0 aliphatic carbocycles. The molecule has 18 heavy (non-hydrogen) atoms. The van der Waals surface area contributed by atoms with Gasteiger partial charge in [0.25, 0.3) is 5.89 Å². The molecule has 0 amide bonds. The molecule has 2 aromatic rings. The van der Waals surface area contributed by atoms with Crippen LogP contribution in [-0.4, -0.2) is 16.5 Å². The first-order valence-electron chi connectivity index (χ1n) is 5.41. The van der Waals surface area contributed by atoms with E-state index in [0.717, 1.165) is 6.07 Å². The van der Waals surface area contributed by atoms with Crippen LogP contribution in [-0.2, 0) is 13.0 Å². The lowest BCUT2D eigenvalue weighted by Gasteiger charge is -2.05. The zero-order chi connectivity index (χ0) is 13.0. The molecule has 0 aliphatic rings. The molecule has 0 fully saturated rings. The zero-order valence-electron chi connectivity index (χ0n) is 9.72. The van der Waals surface area contributed by atoms with Gasteiger partial charge in [0.1, 0.15) is 11.6 Å². The largest absolute Gasteiger partial charge is 0.483 e. The minimum absolute atomic E-state index is 0.0411. The molecule has 0 saturated heterocycles. The van der Waals surface area contributed by atoms with Crippen molar-refractivity contribution in [2.45, 2.75) is 20.0 Å². The summed E-state index contributed by atoms with van der Waals surface area (Å²) in [5, 5.41) is 7.55. The van der Waals surface area contributed by atoms with E-state index in [1.54, 1.807) is 0 Å². The number of nitrogens with zero attached hydrogens (tertiary/aromatic N) is 2. The number of hydrogen-bond donors (Lipinski definition) is 0. The van der Waals surface area contributed by atoms with Crippen LogP contribution in [0.3, 0.4) is 0 Å². The number of halogens is 1. The summed E-state index contributed by atoms with van der Waals surface area (Å²) in [6.07, 6.45) is 1.17. The van der Waals surface area contributed by atoms with Gasteiger partial charge < -0.3 is 9.15 Å². The highest BCUT2D eigenvalue weighted by Crippen LogP contribution is 2.19. The molecule has 5 nitrogen and oxygen atoms in total. The molecule has 1 heterocycles. The monoisotopic (exact) mass is 250 g/mol. The Morgan fingerprint density at radius 1 is 1.39 bits per heavy atom. The molecule has 0 saturated carbocycles. The lowest BCUT2D eigenvalue weighted by Crippen LogP contribution is -1.99. The van der Waals surface area contributed by atoms with Gasteiger partial charge in [0.15, 0.2) is 12.9 Å². The maximum absolute atomic E-state index is 12.9. The average Bonchev–Trinajstić information content (AvgIpc) is 2.85. The van der Waals surface area contributed by atoms with Crippen LogP contribution >= 0.6 is 0 Å². The normalized spacial score (nSPS) is 10.3. The molecular weight excluding hydrogens is 239 g/mol. The van der Waals surface area contributed by atoms with Crippen molar-refractivity contribution in [2.24, 2.45) is 0 Å².